The molecule has 2 N–H and O–H groups in total. The fraction of sp³-hybridized carbons (Fsp3) is 0.571. The molecule has 0 saturated heterocycles. The summed E-state index contributed by atoms with van der Waals surface area (Å²) in [5.74, 6) is 0.102. The van der Waals surface area contributed by atoms with Crippen LogP contribution in [-0.4, -0.2) is 13.7 Å². The summed E-state index contributed by atoms with van der Waals surface area (Å²) in [5, 5.41) is 0. The monoisotopic (exact) mass is 237 g/mol. The number of hydrogen-bond donors (Lipinski definition) is 1. The molecule has 0 amide bonds. The van der Waals surface area contributed by atoms with E-state index in [2.05, 4.69) is 0 Å². The summed E-state index contributed by atoms with van der Waals surface area (Å²) in [6.45, 7) is 2.57. The molecule has 1 aromatic rings. The molecular weight excluding hydrogens is 217 g/mol. The van der Waals surface area contributed by atoms with E-state index in [0.29, 0.717) is 12.3 Å². The van der Waals surface area contributed by atoms with Crippen LogP contribution in [0.5, 0.6) is 5.75 Å². The van der Waals surface area contributed by atoms with Gasteiger partial charge in [-0.2, -0.15) is 0 Å². The van der Waals surface area contributed by atoms with Crippen LogP contribution in [0.1, 0.15) is 36.8 Å². The lowest BCUT2D eigenvalue weighted by atomic mass is 9.76. The third-order valence-electron chi connectivity index (χ3n) is 4.00. The number of hydrogen-bond acceptors (Lipinski definition) is 2. The third-order valence-corrected chi connectivity index (χ3v) is 4.00. The van der Waals surface area contributed by atoms with Crippen molar-refractivity contribution in [2.75, 3.05) is 13.7 Å². The Balaban J connectivity index is 2.60. The zero-order chi connectivity index (χ0) is 12.5. The van der Waals surface area contributed by atoms with Gasteiger partial charge in [0, 0.05) is 17.5 Å². The number of benzene rings is 1. The summed E-state index contributed by atoms with van der Waals surface area (Å²) in [6.07, 6.45) is 4.39. The first kappa shape index (κ1) is 12.4. The van der Waals surface area contributed by atoms with Crippen LogP contribution in [0.25, 0.3) is 0 Å². The van der Waals surface area contributed by atoms with Gasteiger partial charge >= 0.3 is 0 Å². The van der Waals surface area contributed by atoms with Crippen molar-refractivity contribution >= 4 is 0 Å². The Labute approximate surface area is 102 Å². The Kier molecular flexibility index (Phi) is 3.38. The lowest BCUT2D eigenvalue weighted by molar-refractivity contribution is 0.354. The average Bonchev–Trinajstić information content (AvgIpc) is 2.81. The molecule has 94 valence electrons. The molecular formula is C14H20FNO. The first-order valence-corrected chi connectivity index (χ1v) is 6.18. The van der Waals surface area contributed by atoms with Gasteiger partial charge in [-0.15, -0.1) is 0 Å². The van der Waals surface area contributed by atoms with E-state index in [9.17, 15) is 4.39 Å². The van der Waals surface area contributed by atoms with Crippen LogP contribution in [0.4, 0.5) is 4.39 Å². The largest absolute Gasteiger partial charge is 0.493 e. The molecule has 1 saturated carbocycles. The van der Waals surface area contributed by atoms with Crippen LogP contribution in [0.2, 0.25) is 0 Å². The molecule has 3 heteroatoms. The van der Waals surface area contributed by atoms with Gasteiger partial charge < -0.3 is 10.5 Å². The molecule has 0 spiro atoms. The number of methoxy groups -OCH3 is 1. The predicted octanol–water partition coefficient (Wildman–Crippen LogP) is 2.91. The van der Waals surface area contributed by atoms with E-state index in [0.717, 1.165) is 36.8 Å². The zero-order valence-corrected chi connectivity index (χ0v) is 10.6. The van der Waals surface area contributed by atoms with Crippen LogP contribution in [0.15, 0.2) is 12.1 Å². The summed E-state index contributed by atoms with van der Waals surface area (Å²) in [5.41, 5.74) is 7.94. The Morgan fingerprint density at radius 2 is 2.00 bits per heavy atom. The van der Waals surface area contributed by atoms with Crippen molar-refractivity contribution in [3.8, 4) is 5.75 Å². The first-order chi connectivity index (χ1) is 8.14. The van der Waals surface area contributed by atoms with Gasteiger partial charge in [0.25, 0.3) is 0 Å². The van der Waals surface area contributed by atoms with Crippen molar-refractivity contribution in [2.45, 2.75) is 38.0 Å². The van der Waals surface area contributed by atoms with Gasteiger partial charge in [-0.05, 0) is 31.4 Å². The van der Waals surface area contributed by atoms with Gasteiger partial charge in [-0.25, -0.2) is 4.39 Å². The van der Waals surface area contributed by atoms with Crippen LogP contribution in [-0.2, 0) is 5.41 Å². The summed E-state index contributed by atoms with van der Waals surface area (Å²) >= 11 is 0. The lowest BCUT2D eigenvalue weighted by Crippen LogP contribution is -2.33. The maximum Gasteiger partial charge on any atom is 0.165 e. The molecule has 0 aromatic heterocycles. The third kappa shape index (κ3) is 1.93. The van der Waals surface area contributed by atoms with E-state index in [-0.39, 0.29) is 11.2 Å². The molecule has 17 heavy (non-hydrogen) atoms. The van der Waals surface area contributed by atoms with Gasteiger partial charge in [0.05, 0.1) is 7.11 Å². The molecule has 0 atom stereocenters. The second kappa shape index (κ2) is 4.65. The van der Waals surface area contributed by atoms with E-state index >= 15 is 0 Å². The minimum atomic E-state index is -0.284. The Bertz CT molecular complexity index is 411. The van der Waals surface area contributed by atoms with Gasteiger partial charge in [0.2, 0.25) is 0 Å². The number of nitrogens with two attached hydrogens (primary N) is 1. The minimum absolute atomic E-state index is 0.0858. The molecule has 0 unspecified atom stereocenters. The molecule has 1 fully saturated rings. The van der Waals surface area contributed by atoms with Crippen molar-refractivity contribution in [1.29, 1.82) is 0 Å². The molecule has 1 aliphatic rings. The Morgan fingerprint density at radius 3 is 2.53 bits per heavy atom. The van der Waals surface area contributed by atoms with E-state index in [1.165, 1.54) is 13.2 Å². The number of halogens is 1. The molecule has 2 rings (SSSR count). The second-order valence-electron chi connectivity index (χ2n) is 4.96. The van der Waals surface area contributed by atoms with Gasteiger partial charge in [-0.1, -0.05) is 18.9 Å². The number of ether oxygens (including phenoxy) is 1. The van der Waals surface area contributed by atoms with Crippen molar-refractivity contribution in [3.05, 3.63) is 29.1 Å². The van der Waals surface area contributed by atoms with Crippen molar-refractivity contribution in [3.63, 3.8) is 0 Å². The standard InChI is InChI=1S/C14H20FNO/c1-10-5-6-11(15)13(17-2)12(10)14(9-16)7-3-4-8-14/h5-6H,3-4,7-9,16H2,1-2H3. The molecule has 1 aliphatic carbocycles. The number of aryl methyl sites for hydroxylation is 1. The smallest absolute Gasteiger partial charge is 0.165 e. The Hall–Kier alpha value is -1.09. The van der Waals surface area contributed by atoms with Gasteiger partial charge in [0.1, 0.15) is 0 Å². The fourth-order valence-corrected chi connectivity index (χ4v) is 3.12. The highest BCUT2D eigenvalue weighted by Crippen LogP contribution is 2.46. The van der Waals surface area contributed by atoms with Gasteiger partial charge in [0.15, 0.2) is 11.6 Å². The highest BCUT2D eigenvalue weighted by atomic mass is 19.1. The highest BCUT2D eigenvalue weighted by molar-refractivity contribution is 5.47. The molecule has 0 radical (unpaired) electrons. The molecule has 2 nitrogen and oxygen atoms in total. The SMILES string of the molecule is COc1c(F)ccc(C)c1C1(CN)CCCC1. The van der Waals surface area contributed by atoms with E-state index in [4.69, 9.17) is 10.5 Å². The second-order valence-corrected chi connectivity index (χ2v) is 4.96. The predicted molar refractivity (Wildman–Crippen MR) is 66.9 cm³/mol. The van der Waals surface area contributed by atoms with Crippen LogP contribution >= 0.6 is 0 Å². The lowest BCUT2D eigenvalue weighted by Gasteiger charge is -2.31. The van der Waals surface area contributed by atoms with Crippen molar-refractivity contribution < 1.29 is 9.13 Å². The van der Waals surface area contributed by atoms with E-state index in [1.54, 1.807) is 0 Å². The summed E-state index contributed by atoms with van der Waals surface area (Å²) in [4.78, 5) is 0. The summed E-state index contributed by atoms with van der Waals surface area (Å²) in [7, 11) is 1.53. The topological polar surface area (TPSA) is 35.2 Å². The molecule has 1 aromatic carbocycles. The van der Waals surface area contributed by atoms with Crippen LogP contribution < -0.4 is 10.5 Å². The average molecular weight is 237 g/mol. The summed E-state index contributed by atoms with van der Waals surface area (Å²) in [6, 6.07) is 3.29. The maximum absolute atomic E-state index is 13.8. The normalized spacial score (nSPS) is 18.4. The van der Waals surface area contributed by atoms with Gasteiger partial charge in [-0.3, -0.25) is 0 Å². The summed E-state index contributed by atoms with van der Waals surface area (Å²) < 4.78 is 19.1. The minimum Gasteiger partial charge on any atom is -0.493 e. The molecule has 0 aliphatic heterocycles. The van der Waals surface area contributed by atoms with Crippen LogP contribution in [0.3, 0.4) is 0 Å². The number of rotatable bonds is 3. The van der Waals surface area contributed by atoms with E-state index < -0.39 is 0 Å². The quantitative estimate of drug-likeness (QED) is 0.877. The van der Waals surface area contributed by atoms with Crippen molar-refractivity contribution in [2.24, 2.45) is 5.73 Å². The maximum atomic E-state index is 13.8. The first-order valence-electron chi connectivity index (χ1n) is 6.18. The van der Waals surface area contributed by atoms with Crippen LogP contribution in [0, 0.1) is 12.7 Å². The zero-order valence-electron chi connectivity index (χ0n) is 10.6. The molecule has 0 bridgehead atoms. The molecule has 0 heterocycles. The van der Waals surface area contributed by atoms with E-state index in [1.807, 2.05) is 13.0 Å². The fourth-order valence-electron chi connectivity index (χ4n) is 3.12. The Morgan fingerprint density at radius 1 is 1.35 bits per heavy atom. The van der Waals surface area contributed by atoms with Crippen molar-refractivity contribution in [1.82, 2.24) is 0 Å². The highest BCUT2D eigenvalue weighted by Gasteiger charge is 2.38.